The quantitative estimate of drug-likeness (QED) is 0.732. The predicted octanol–water partition coefficient (Wildman–Crippen LogP) is 1.32. The maximum Gasteiger partial charge on any atom is 0.335 e. The smallest absolute Gasteiger partial charge is 0.335 e. The highest BCUT2D eigenvalue weighted by Gasteiger charge is 2.06. The number of phenols is 1. The summed E-state index contributed by atoms with van der Waals surface area (Å²) in [7, 11) is 0. The van der Waals surface area contributed by atoms with Crippen LogP contribution >= 0.6 is 0 Å². The molecule has 0 aliphatic heterocycles. The fourth-order valence-corrected chi connectivity index (χ4v) is 1.45. The number of benzene rings is 2. The van der Waals surface area contributed by atoms with Crippen molar-refractivity contribution >= 4 is 16.7 Å². The van der Waals surface area contributed by atoms with Crippen molar-refractivity contribution in [3.8, 4) is 11.5 Å². The van der Waals surface area contributed by atoms with Crippen LogP contribution in [0.15, 0.2) is 30.3 Å². The molecule has 0 saturated heterocycles. The van der Waals surface area contributed by atoms with E-state index in [1.165, 1.54) is 18.2 Å². The van der Waals surface area contributed by atoms with Gasteiger partial charge in [-0.3, -0.25) is 0 Å². The van der Waals surface area contributed by atoms with Crippen LogP contribution in [0.1, 0.15) is 10.4 Å². The first kappa shape index (κ1) is 9.33. The topological polar surface area (TPSA) is 80.6 Å². The Bertz CT molecular complexity index is 546. The second-order valence-corrected chi connectivity index (χ2v) is 3.15. The van der Waals surface area contributed by atoms with Crippen molar-refractivity contribution in [1.29, 1.82) is 0 Å². The summed E-state index contributed by atoms with van der Waals surface area (Å²) in [6, 6.07) is 7.09. The largest absolute Gasteiger partial charge is 0.871 e. The Kier molecular flexibility index (Phi) is 1.97. The zero-order valence-corrected chi connectivity index (χ0v) is 7.60. The summed E-state index contributed by atoms with van der Waals surface area (Å²) >= 11 is 0. The molecule has 2 aromatic rings. The molecule has 0 unspecified atom stereocenters. The lowest BCUT2D eigenvalue weighted by molar-refractivity contribution is -0.266. The maximum absolute atomic E-state index is 11.6. The summed E-state index contributed by atoms with van der Waals surface area (Å²) in [4.78, 5) is 10.7. The molecule has 2 rings (SSSR count). The minimum absolute atomic E-state index is 0.0536. The molecular formula is C11H7O4-. The van der Waals surface area contributed by atoms with Gasteiger partial charge in [0.25, 0.3) is 0 Å². The summed E-state index contributed by atoms with van der Waals surface area (Å²) in [5.74, 6) is -1.89. The van der Waals surface area contributed by atoms with Gasteiger partial charge in [0.1, 0.15) is 5.75 Å². The van der Waals surface area contributed by atoms with Gasteiger partial charge < -0.3 is 15.3 Å². The van der Waals surface area contributed by atoms with E-state index in [-0.39, 0.29) is 16.7 Å². The number of carbonyl (C=O) groups is 1. The van der Waals surface area contributed by atoms with E-state index >= 15 is 0 Å². The van der Waals surface area contributed by atoms with Crippen LogP contribution in [-0.2, 0) is 0 Å². The number of hydrogen-bond donors (Lipinski definition) is 2. The minimum atomic E-state index is -1.26. The first-order chi connectivity index (χ1) is 7.09. The number of rotatable bonds is 1. The molecule has 0 atom stereocenters. The van der Waals surface area contributed by atoms with Gasteiger partial charge in [-0.1, -0.05) is 17.9 Å². The van der Waals surface area contributed by atoms with Crippen LogP contribution in [0.4, 0.5) is 0 Å². The Morgan fingerprint density at radius 3 is 2.53 bits per heavy atom. The van der Waals surface area contributed by atoms with Gasteiger partial charge in [-0.05, 0) is 29.0 Å². The fourth-order valence-electron chi connectivity index (χ4n) is 1.45. The van der Waals surface area contributed by atoms with Gasteiger partial charge in [0.15, 0.2) is 0 Å². The number of phenolic OH excluding ortho intramolecular Hbond substituents is 1. The average Bonchev–Trinajstić information content (AvgIpc) is 2.19. The van der Waals surface area contributed by atoms with Crippen molar-refractivity contribution in [3.05, 3.63) is 35.9 Å². The normalized spacial score (nSPS) is 10.4. The van der Waals surface area contributed by atoms with Crippen LogP contribution in [0.25, 0.3) is 10.8 Å². The number of aromatic hydroxyl groups is 1. The lowest BCUT2D eigenvalue weighted by Crippen LogP contribution is -2.04. The van der Waals surface area contributed by atoms with Crippen molar-refractivity contribution in [2.45, 2.75) is 0 Å². The molecule has 0 aromatic heterocycles. The molecule has 0 radical (unpaired) electrons. The van der Waals surface area contributed by atoms with E-state index in [1.807, 2.05) is 0 Å². The van der Waals surface area contributed by atoms with Crippen LogP contribution in [0.5, 0.6) is 11.5 Å². The van der Waals surface area contributed by atoms with Crippen LogP contribution in [-0.4, -0.2) is 16.2 Å². The third kappa shape index (κ3) is 1.46. The Labute approximate surface area is 85.0 Å². The molecule has 0 spiro atoms. The van der Waals surface area contributed by atoms with Crippen molar-refractivity contribution < 1.29 is 20.1 Å². The lowest BCUT2D eigenvalue weighted by Gasteiger charge is -2.13. The minimum Gasteiger partial charge on any atom is -0.871 e. The average molecular weight is 203 g/mol. The second-order valence-electron chi connectivity index (χ2n) is 3.15. The summed E-state index contributed by atoms with van der Waals surface area (Å²) in [6.07, 6.45) is 0. The summed E-state index contributed by atoms with van der Waals surface area (Å²) in [6.45, 7) is 0. The molecule has 0 aliphatic rings. The van der Waals surface area contributed by atoms with Gasteiger partial charge in [0.05, 0.1) is 5.56 Å². The van der Waals surface area contributed by atoms with E-state index in [2.05, 4.69) is 0 Å². The first-order valence-electron chi connectivity index (χ1n) is 4.25. The predicted molar refractivity (Wildman–Crippen MR) is 52.0 cm³/mol. The van der Waals surface area contributed by atoms with E-state index in [1.54, 1.807) is 12.1 Å². The molecule has 0 amide bonds. The number of hydrogen-bond acceptors (Lipinski definition) is 3. The SMILES string of the molecule is O=C(O)c1ccc2ccc(O)cc2c1[O-]. The molecule has 0 bridgehead atoms. The standard InChI is InChI=1S/C11H8O4/c12-7-3-1-6-2-4-8(11(14)15)10(13)9(6)5-7/h1-5,12-13H,(H,14,15)/p-1. The molecule has 0 heterocycles. The van der Waals surface area contributed by atoms with Gasteiger partial charge in [-0.2, -0.15) is 0 Å². The van der Waals surface area contributed by atoms with Crippen LogP contribution in [0, 0.1) is 0 Å². The number of carboxylic acids is 1. The van der Waals surface area contributed by atoms with Gasteiger partial charge in [-0.25, -0.2) is 4.79 Å². The fraction of sp³-hybridized carbons (Fsp3) is 0. The summed E-state index contributed by atoms with van der Waals surface area (Å²) < 4.78 is 0. The Hall–Kier alpha value is -2.23. The van der Waals surface area contributed by atoms with Gasteiger partial charge in [0.2, 0.25) is 0 Å². The van der Waals surface area contributed by atoms with Crippen LogP contribution in [0.2, 0.25) is 0 Å². The van der Waals surface area contributed by atoms with E-state index in [4.69, 9.17) is 5.11 Å². The van der Waals surface area contributed by atoms with E-state index in [0.717, 1.165) is 0 Å². The number of aromatic carboxylic acids is 1. The summed E-state index contributed by atoms with van der Waals surface area (Å²) in [5, 5.41) is 30.4. The molecule has 76 valence electrons. The van der Waals surface area contributed by atoms with E-state index < -0.39 is 11.7 Å². The third-order valence-corrected chi connectivity index (χ3v) is 2.19. The zero-order valence-electron chi connectivity index (χ0n) is 7.60. The van der Waals surface area contributed by atoms with Crippen LogP contribution < -0.4 is 5.11 Å². The molecular weight excluding hydrogens is 196 g/mol. The molecule has 15 heavy (non-hydrogen) atoms. The summed E-state index contributed by atoms with van der Waals surface area (Å²) in [5.41, 5.74) is -0.284. The Morgan fingerprint density at radius 2 is 1.87 bits per heavy atom. The molecule has 0 fully saturated rings. The Morgan fingerprint density at radius 1 is 1.20 bits per heavy atom. The molecule has 2 N–H and O–H groups in total. The van der Waals surface area contributed by atoms with Gasteiger partial charge in [-0.15, -0.1) is 0 Å². The van der Waals surface area contributed by atoms with Crippen molar-refractivity contribution in [3.63, 3.8) is 0 Å². The molecule has 4 nitrogen and oxygen atoms in total. The van der Waals surface area contributed by atoms with E-state index in [9.17, 15) is 15.0 Å². The van der Waals surface area contributed by atoms with Crippen molar-refractivity contribution in [1.82, 2.24) is 0 Å². The lowest BCUT2D eigenvalue weighted by atomic mass is 10.1. The van der Waals surface area contributed by atoms with E-state index in [0.29, 0.717) is 5.39 Å². The Balaban J connectivity index is 2.82. The monoisotopic (exact) mass is 203 g/mol. The molecule has 0 aliphatic carbocycles. The van der Waals surface area contributed by atoms with Crippen molar-refractivity contribution in [2.75, 3.05) is 0 Å². The highest BCUT2D eigenvalue weighted by molar-refractivity contribution is 6.00. The highest BCUT2D eigenvalue weighted by Crippen LogP contribution is 2.29. The molecule has 4 heteroatoms. The maximum atomic E-state index is 11.6. The van der Waals surface area contributed by atoms with Gasteiger partial charge >= 0.3 is 5.97 Å². The highest BCUT2D eigenvalue weighted by atomic mass is 16.4. The van der Waals surface area contributed by atoms with Gasteiger partial charge in [0, 0.05) is 0 Å². The number of carboxylic acid groups (broad SMARTS) is 1. The second kappa shape index (κ2) is 3.16. The molecule has 0 saturated carbocycles. The third-order valence-electron chi connectivity index (χ3n) is 2.19. The van der Waals surface area contributed by atoms with Crippen LogP contribution in [0.3, 0.4) is 0 Å². The van der Waals surface area contributed by atoms with Crippen molar-refractivity contribution in [2.24, 2.45) is 0 Å². The molecule has 2 aromatic carbocycles. The zero-order chi connectivity index (χ0) is 11.0. The number of fused-ring (bicyclic) bond motifs is 1. The first-order valence-corrected chi connectivity index (χ1v) is 4.25.